The summed E-state index contributed by atoms with van der Waals surface area (Å²) in [5.41, 5.74) is 3.81. The molecule has 0 bridgehead atoms. The minimum Gasteiger partial charge on any atom is -0.380 e. The molecule has 0 heterocycles. The Morgan fingerprint density at radius 3 is 2.17 bits per heavy atom. The molecule has 0 spiro atoms. The molecule has 2 aromatic carbocycles. The fourth-order valence-corrected chi connectivity index (χ4v) is 7.07. The van der Waals surface area contributed by atoms with Gasteiger partial charge in [0.15, 0.2) is 0 Å². The predicted octanol–water partition coefficient (Wildman–Crippen LogP) is 6.97. The van der Waals surface area contributed by atoms with Gasteiger partial charge in [0.05, 0.1) is 0 Å². The van der Waals surface area contributed by atoms with Crippen LogP contribution in [-0.2, 0) is 24.0 Å². The van der Waals surface area contributed by atoms with Crippen LogP contribution in [0.25, 0.3) is 0 Å². The molecule has 4 unspecified atom stereocenters. The Balaban J connectivity index is 1.60. The van der Waals surface area contributed by atoms with E-state index in [0.29, 0.717) is 0 Å². The quantitative estimate of drug-likeness (QED) is 0.491. The third-order valence-electron chi connectivity index (χ3n) is 8.81. The maximum absolute atomic E-state index is 12.9. The predicted molar refractivity (Wildman–Crippen MR) is 147 cm³/mol. The van der Waals surface area contributed by atoms with E-state index in [-0.39, 0.29) is 11.8 Å². The summed E-state index contributed by atoms with van der Waals surface area (Å²) in [5, 5.41) is 25.7. The van der Waals surface area contributed by atoms with Crippen molar-refractivity contribution in [1.82, 2.24) is 0 Å². The summed E-state index contributed by atoms with van der Waals surface area (Å²) in [6.45, 7) is 0. The molecule has 4 aliphatic carbocycles. The fraction of sp³-hybridized carbons (Fsp3) is 0.353. The van der Waals surface area contributed by atoms with Crippen molar-refractivity contribution in [3.05, 3.63) is 131 Å². The van der Waals surface area contributed by atoms with Gasteiger partial charge in [-0.2, -0.15) is 0 Å². The zero-order valence-electron chi connectivity index (χ0n) is 20.9. The van der Waals surface area contributed by atoms with Crippen LogP contribution in [0.3, 0.4) is 0 Å². The molecule has 0 saturated carbocycles. The molecule has 0 fully saturated rings. The van der Waals surface area contributed by atoms with Gasteiger partial charge in [-0.05, 0) is 84.8 Å². The van der Waals surface area contributed by atoms with Crippen LogP contribution in [0.1, 0.15) is 66.3 Å². The SMILES string of the molecule is OC1(C2=C\CCCC/C=C/C=C\2)c2ccccc2C(O)(c2cccc3c2CCCC3)C2C=CC=CC21. The lowest BCUT2D eigenvalue weighted by Crippen LogP contribution is -2.54. The lowest BCUT2D eigenvalue weighted by atomic mass is 9.54. The molecule has 0 aromatic heterocycles. The zero-order valence-corrected chi connectivity index (χ0v) is 20.9. The van der Waals surface area contributed by atoms with Gasteiger partial charge in [-0.1, -0.05) is 97.1 Å². The first-order chi connectivity index (χ1) is 17.6. The van der Waals surface area contributed by atoms with Crippen LogP contribution < -0.4 is 0 Å². The number of aryl methyl sites for hydroxylation is 1. The Morgan fingerprint density at radius 2 is 1.33 bits per heavy atom. The topological polar surface area (TPSA) is 40.5 Å². The van der Waals surface area contributed by atoms with Gasteiger partial charge in [-0.25, -0.2) is 0 Å². The Morgan fingerprint density at radius 1 is 0.639 bits per heavy atom. The summed E-state index contributed by atoms with van der Waals surface area (Å²) in [4.78, 5) is 0. The number of allylic oxidation sites excluding steroid dienone is 6. The van der Waals surface area contributed by atoms with Crippen LogP contribution in [0.5, 0.6) is 0 Å². The first-order valence-electron chi connectivity index (χ1n) is 13.7. The first-order valence-corrected chi connectivity index (χ1v) is 13.7. The minimum absolute atomic E-state index is 0.281. The van der Waals surface area contributed by atoms with Gasteiger partial charge in [0.2, 0.25) is 0 Å². The number of benzene rings is 2. The molecule has 0 amide bonds. The van der Waals surface area contributed by atoms with Gasteiger partial charge in [0.25, 0.3) is 0 Å². The van der Waals surface area contributed by atoms with E-state index in [9.17, 15) is 10.2 Å². The molecule has 0 saturated heterocycles. The fourth-order valence-electron chi connectivity index (χ4n) is 7.07. The Labute approximate surface area is 215 Å². The van der Waals surface area contributed by atoms with Crippen molar-refractivity contribution in [2.45, 2.75) is 62.6 Å². The highest BCUT2D eigenvalue weighted by molar-refractivity contribution is 5.58. The average Bonchev–Trinajstić information content (AvgIpc) is 2.94. The molecule has 0 aliphatic heterocycles. The molecule has 2 nitrogen and oxygen atoms in total. The molecule has 2 aromatic rings. The molecule has 2 heteroatoms. The maximum Gasteiger partial charge on any atom is 0.122 e. The molecular formula is C34H36O2. The van der Waals surface area contributed by atoms with E-state index in [0.717, 1.165) is 67.2 Å². The second-order valence-corrected chi connectivity index (χ2v) is 10.8. The summed E-state index contributed by atoms with van der Waals surface area (Å²) in [6, 6.07) is 14.5. The molecule has 2 N–H and O–H groups in total. The van der Waals surface area contributed by atoms with E-state index in [2.05, 4.69) is 60.7 Å². The third kappa shape index (κ3) is 3.62. The summed E-state index contributed by atoms with van der Waals surface area (Å²) in [6.07, 6.45) is 27.7. The largest absolute Gasteiger partial charge is 0.380 e. The molecule has 6 rings (SSSR count). The Bertz CT molecular complexity index is 1290. The van der Waals surface area contributed by atoms with Gasteiger partial charge >= 0.3 is 0 Å². The van der Waals surface area contributed by atoms with Crippen LogP contribution in [0, 0.1) is 11.8 Å². The second-order valence-electron chi connectivity index (χ2n) is 10.8. The average molecular weight is 477 g/mol. The maximum atomic E-state index is 12.9. The van der Waals surface area contributed by atoms with Crippen molar-refractivity contribution in [3.63, 3.8) is 0 Å². The van der Waals surface area contributed by atoms with Gasteiger partial charge in [0, 0.05) is 11.8 Å². The summed E-state index contributed by atoms with van der Waals surface area (Å²) >= 11 is 0. The highest BCUT2D eigenvalue weighted by atomic mass is 16.3. The van der Waals surface area contributed by atoms with E-state index >= 15 is 0 Å². The van der Waals surface area contributed by atoms with Gasteiger partial charge < -0.3 is 10.2 Å². The number of fused-ring (bicyclic) bond motifs is 3. The van der Waals surface area contributed by atoms with Crippen molar-refractivity contribution in [2.75, 3.05) is 0 Å². The summed E-state index contributed by atoms with van der Waals surface area (Å²) in [5.74, 6) is -0.569. The smallest absolute Gasteiger partial charge is 0.122 e. The van der Waals surface area contributed by atoms with Gasteiger partial charge in [-0.3, -0.25) is 0 Å². The number of hydrogen-bond acceptors (Lipinski definition) is 2. The lowest BCUT2D eigenvalue weighted by Gasteiger charge is -2.53. The number of hydrogen-bond donors (Lipinski definition) is 2. The van der Waals surface area contributed by atoms with Crippen molar-refractivity contribution in [2.24, 2.45) is 11.8 Å². The normalized spacial score (nSPS) is 34.4. The molecule has 4 atom stereocenters. The van der Waals surface area contributed by atoms with Crippen LogP contribution in [0.2, 0.25) is 0 Å². The van der Waals surface area contributed by atoms with Crippen molar-refractivity contribution in [3.8, 4) is 0 Å². The van der Waals surface area contributed by atoms with Crippen LogP contribution in [0.4, 0.5) is 0 Å². The monoisotopic (exact) mass is 476 g/mol. The van der Waals surface area contributed by atoms with E-state index < -0.39 is 11.2 Å². The van der Waals surface area contributed by atoms with E-state index in [1.54, 1.807) is 0 Å². The summed E-state index contributed by atoms with van der Waals surface area (Å²) < 4.78 is 0. The minimum atomic E-state index is -1.23. The molecule has 0 radical (unpaired) electrons. The lowest BCUT2D eigenvalue weighted by molar-refractivity contribution is -0.0725. The third-order valence-corrected chi connectivity index (χ3v) is 8.81. The zero-order chi connectivity index (χ0) is 24.6. The molecule has 36 heavy (non-hydrogen) atoms. The van der Waals surface area contributed by atoms with E-state index in [1.165, 1.54) is 17.5 Å². The standard InChI is InChI=1S/C34H36O2/c35-33(26-17-6-4-2-1-3-5-7-18-26)29-20-10-12-22-31(29)34(36,32-23-13-11-21-30(32)33)28-24-14-16-25-15-8-9-19-27(25)28/h2,4,6,10-14,16-18,20-24,29,31,35-36H,1,3,5,7-9,15,19H2/b4-2+,17-6-,26-18-. The van der Waals surface area contributed by atoms with Crippen LogP contribution in [0.15, 0.2) is 103 Å². The summed E-state index contributed by atoms with van der Waals surface area (Å²) in [7, 11) is 0. The highest BCUT2D eigenvalue weighted by Gasteiger charge is 2.58. The Kier molecular flexibility index (Phi) is 6.19. The molecule has 184 valence electrons. The second kappa shape index (κ2) is 9.50. The van der Waals surface area contributed by atoms with E-state index in [4.69, 9.17) is 0 Å². The van der Waals surface area contributed by atoms with Gasteiger partial charge in [0.1, 0.15) is 11.2 Å². The van der Waals surface area contributed by atoms with E-state index in [1.807, 2.05) is 36.4 Å². The molecule has 4 aliphatic rings. The van der Waals surface area contributed by atoms with Crippen molar-refractivity contribution in [1.29, 1.82) is 0 Å². The Hall–Kier alpha value is -2.94. The molecular weight excluding hydrogens is 440 g/mol. The number of rotatable bonds is 2. The number of aliphatic hydroxyl groups is 2. The van der Waals surface area contributed by atoms with Crippen molar-refractivity contribution < 1.29 is 10.2 Å². The first kappa shape index (κ1) is 23.5. The van der Waals surface area contributed by atoms with Gasteiger partial charge in [-0.15, -0.1) is 0 Å². The highest BCUT2D eigenvalue weighted by Crippen LogP contribution is 2.58. The van der Waals surface area contributed by atoms with Crippen LogP contribution in [-0.4, -0.2) is 10.2 Å². The van der Waals surface area contributed by atoms with Crippen molar-refractivity contribution >= 4 is 0 Å². The van der Waals surface area contributed by atoms with Crippen LogP contribution >= 0.6 is 0 Å².